The molecule has 2 aromatic rings. The Hall–Kier alpha value is -2.81. The normalized spacial score (nSPS) is 14.5. The minimum absolute atomic E-state index is 0.0117. The number of nitrogens with zero attached hydrogens (tertiary/aromatic N) is 2. The maximum absolute atomic E-state index is 12.9. The number of non-ortho nitro benzene ring substituents is 1. The Labute approximate surface area is 166 Å². The van der Waals surface area contributed by atoms with Crippen LogP contribution in [-0.2, 0) is 9.53 Å². The summed E-state index contributed by atoms with van der Waals surface area (Å²) >= 11 is 6.10. The highest BCUT2D eigenvalue weighted by atomic mass is 35.5. The van der Waals surface area contributed by atoms with E-state index in [-0.39, 0.29) is 40.0 Å². The predicted molar refractivity (Wildman–Crippen MR) is 104 cm³/mol. The second-order valence-corrected chi connectivity index (χ2v) is 6.64. The number of amides is 1. The van der Waals surface area contributed by atoms with E-state index >= 15 is 0 Å². The fourth-order valence-corrected chi connectivity index (χ4v) is 3.11. The predicted octanol–water partition coefficient (Wildman–Crippen LogP) is 2.75. The summed E-state index contributed by atoms with van der Waals surface area (Å²) in [5.41, 5.74) is 0.168. The molecule has 0 bridgehead atoms. The topological polar surface area (TPSA) is 102 Å². The molecule has 0 radical (unpaired) electrons. The molecule has 1 heterocycles. The summed E-state index contributed by atoms with van der Waals surface area (Å²) in [5, 5.41) is 14.1. The molecule has 0 aliphatic carbocycles. The fourth-order valence-electron chi connectivity index (χ4n) is 2.89. The number of nitrogens with one attached hydrogen (secondary N) is 1. The van der Waals surface area contributed by atoms with Crippen molar-refractivity contribution >= 4 is 34.7 Å². The quantitative estimate of drug-likeness (QED) is 0.452. The molecule has 8 nitrogen and oxygen atoms in total. The minimum atomic E-state index is -0.595. The van der Waals surface area contributed by atoms with Gasteiger partial charge >= 0.3 is 0 Å². The van der Waals surface area contributed by atoms with E-state index in [2.05, 4.69) is 5.32 Å². The van der Waals surface area contributed by atoms with E-state index in [0.717, 1.165) is 6.07 Å². The van der Waals surface area contributed by atoms with Gasteiger partial charge in [-0.15, -0.1) is 0 Å². The monoisotopic (exact) mass is 403 g/mol. The first-order chi connectivity index (χ1) is 13.5. The van der Waals surface area contributed by atoms with Crippen LogP contribution >= 0.6 is 11.6 Å². The number of hydrogen-bond acceptors (Lipinski definition) is 6. The molecule has 1 amide bonds. The molecule has 0 unspecified atom stereocenters. The molecular weight excluding hydrogens is 386 g/mol. The number of carbonyl (C=O) groups excluding carboxylic acids is 2. The van der Waals surface area contributed by atoms with Gasteiger partial charge in [0, 0.05) is 30.8 Å². The second kappa shape index (κ2) is 8.92. The van der Waals surface area contributed by atoms with Gasteiger partial charge in [-0.1, -0.05) is 23.7 Å². The number of hydrogen-bond donors (Lipinski definition) is 1. The van der Waals surface area contributed by atoms with E-state index in [0.29, 0.717) is 26.3 Å². The zero-order valence-corrected chi connectivity index (χ0v) is 15.6. The summed E-state index contributed by atoms with van der Waals surface area (Å²) in [6.45, 7) is 2.53. The van der Waals surface area contributed by atoms with E-state index in [9.17, 15) is 19.7 Å². The molecule has 0 atom stereocenters. The molecule has 2 aromatic carbocycles. The Bertz CT molecular complexity index is 912. The van der Waals surface area contributed by atoms with Crippen molar-refractivity contribution in [3.8, 4) is 0 Å². The third kappa shape index (κ3) is 4.72. The van der Waals surface area contributed by atoms with Crippen LogP contribution in [0.1, 0.15) is 15.9 Å². The Morgan fingerprint density at radius 1 is 1.14 bits per heavy atom. The van der Waals surface area contributed by atoms with Gasteiger partial charge in [-0.2, -0.15) is 0 Å². The van der Waals surface area contributed by atoms with Crippen molar-refractivity contribution in [2.24, 2.45) is 0 Å². The molecule has 1 aliphatic heterocycles. The Morgan fingerprint density at radius 3 is 2.54 bits per heavy atom. The number of nitro groups is 1. The lowest BCUT2D eigenvalue weighted by Gasteiger charge is -2.25. The summed E-state index contributed by atoms with van der Waals surface area (Å²) in [6, 6.07) is 10.2. The van der Waals surface area contributed by atoms with Crippen LogP contribution in [0.15, 0.2) is 42.5 Å². The Balaban J connectivity index is 1.87. The van der Waals surface area contributed by atoms with E-state index in [1.807, 2.05) is 4.90 Å². The van der Waals surface area contributed by atoms with Gasteiger partial charge in [0.25, 0.3) is 5.69 Å². The lowest BCUT2D eigenvalue weighted by Crippen LogP contribution is -2.41. The van der Waals surface area contributed by atoms with Gasteiger partial charge in [0.2, 0.25) is 5.91 Å². The van der Waals surface area contributed by atoms with E-state index in [4.69, 9.17) is 16.3 Å². The molecular formula is C19H18ClN3O5. The molecule has 0 aromatic heterocycles. The zero-order valence-electron chi connectivity index (χ0n) is 14.9. The first-order valence-electron chi connectivity index (χ1n) is 8.63. The van der Waals surface area contributed by atoms with Crippen LogP contribution in [0.4, 0.5) is 11.4 Å². The van der Waals surface area contributed by atoms with Gasteiger partial charge in [-0.05, 0) is 18.2 Å². The van der Waals surface area contributed by atoms with Crippen molar-refractivity contribution in [1.82, 2.24) is 4.90 Å². The van der Waals surface area contributed by atoms with Crippen LogP contribution in [-0.4, -0.2) is 54.4 Å². The molecule has 0 spiro atoms. The molecule has 1 fully saturated rings. The van der Waals surface area contributed by atoms with Gasteiger partial charge in [-0.25, -0.2) is 0 Å². The third-order valence-electron chi connectivity index (χ3n) is 4.32. The standard InChI is InChI=1S/C19H18ClN3O5/c20-16-4-2-1-3-14(16)19(25)15-11-13(23(26)27)5-6-17(15)21-18(24)12-22-7-9-28-10-8-22/h1-6,11H,7-10,12H2,(H,21,24). The van der Waals surface area contributed by atoms with Crippen LogP contribution in [0, 0.1) is 10.1 Å². The maximum Gasteiger partial charge on any atom is 0.270 e. The first-order valence-corrected chi connectivity index (χ1v) is 9.01. The number of benzene rings is 2. The van der Waals surface area contributed by atoms with Crippen molar-refractivity contribution in [1.29, 1.82) is 0 Å². The van der Waals surface area contributed by atoms with Crippen molar-refractivity contribution < 1.29 is 19.2 Å². The third-order valence-corrected chi connectivity index (χ3v) is 4.65. The summed E-state index contributed by atoms with van der Waals surface area (Å²) in [6.07, 6.45) is 0. The molecule has 146 valence electrons. The SMILES string of the molecule is O=C(CN1CCOCC1)Nc1ccc([N+](=O)[O-])cc1C(=O)c1ccccc1Cl. The summed E-state index contributed by atoms with van der Waals surface area (Å²) in [7, 11) is 0. The minimum Gasteiger partial charge on any atom is -0.379 e. The Kier molecular flexibility index (Phi) is 6.35. The summed E-state index contributed by atoms with van der Waals surface area (Å²) in [4.78, 5) is 37.8. The molecule has 1 saturated heterocycles. The highest BCUT2D eigenvalue weighted by Crippen LogP contribution is 2.27. The van der Waals surface area contributed by atoms with Gasteiger partial charge < -0.3 is 10.1 Å². The number of ketones is 1. The van der Waals surface area contributed by atoms with Gasteiger partial charge in [0.1, 0.15) is 0 Å². The second-order valence-electron chi connectivity index (χ2n) is 6.23. The summed E-state index contributed by atoms with van der Waals surface area (Å²) < 4.78 is 5.25. The number of ether oxygens (including phenoxy) is 1. The van der Waals surface area contributed by atoms with Crippen molar-refractivity contribution in [3.63, 3.8) is 0 Å². The van der Waals surface area contributed by atoms with Crippen molar-refractivity contribution in [2.45, 2.75) is 0 Å². The summed E-state index contributed by atoms with van der Waals surface area (Å²) in [5.74, 6) is -0.820. The molecule has 9 heteroatoms. The molecule has 1 aliphatic rings. The number of halogens is 1. The van der Waals surface area contributed by atoms with Crippen LogP contribution in [0.3, 0.4) is 0 Å². The van der Waals surface area contributed by atoms with Gasteiger partial charge in [0.05, 0.1) is 41.0 Å². The number of rotatable bonds is 6. The molecule has 1 N–H and O–H groups in total. The van der Waals surface area contributed by atoms with Crippen LogP contribution in [0.25, 0.3) is 0 Å². The largest absolute Gasteiger partial charge is 0.379 e. The average molecular weight is 404 g/mol. The Morgan fingerprint density at radius 2 is 1.86 bits per heavy atom. The van der Waals surface area contributed by atoms with Gasteiger partial charge in [-0.3, -0.25) is 24.6 Å². The van der Waals surface area contributed by atoms with E-state index in [1.165, 1.54) is 18.2 Å². The molecule has 3 rings (SSSR count). The first kappa shape index (κ1) is 19.9. The van der Waals surface area contributed by atoms with Gasteiger partial charge in [0.15, 0.2) is 5.78 Å². The average Bonchev–Trinajstić information content (AvgIpc) is 2.68. The van der Waals surface area contributed by atoms with Crippen LogP contribution in [0.2, 0.25) is 5.02 Å². The lowest BCUT2D eigenvalue weighted by atomic mass is 10.0. The molecule has 28 heavy (non-hydrogen) atoms. The van der Waals surface area contributed by atoms with Crippen molar-refractivity contribution in [2.75, 3.05) is 38.2 Å². The number of carbonyl (C=O) groups is 2. The zero-order chi connectivity index (χ0) is 20.1. The number of anilines is 1. The molecule has 0 saturated carbocycles. The van der Waals surface area contributed by atoms with Crippen LogP contribution < -0.4 is 5.32 Å². The highest BCUT2D eigenvalue weighted by Gasteiger charge is 2.22. The maximum atomic E-state index is 12.9. The number of morpholine rings is 1. The highest BCUT2D eigenvalue weighted by molar-refractivity contribution is 6.35. The van der Waals surface area contributed by atoms with E-state index in [1.54, 1.807) is 18.2 Å². The van der Waals surface area contributed by atoms with Crippen molar-refractivity contribution in [3.05, 3.63) is 68.7 Å². The fraction of sp³-hybridized carbons (Fsp3) is 0.263. The smallest absolute Gasteiger partial charge is 0.270 e. The van der Waals surface area contributed by atoms with Crippen LogP contribution in [0.5, 0.6) is 0 Å². The van der Waals surface area contributed by atoms with E-state index < -0.39 is 10.7 Å². The number of nitro benzene ring substituents is 1. The lowest BCUT2D eigenvalue weighted by molar-refractivity contribution is -0.384.